The average molecular weight is 240 g/mol. The van der Waals surface area contributed by atoms with Gasteiger partial charge in [0.2, 0.25) is 0 Å². The van der Waals surface area contributed by atoms with Crippen molar-refractivity contribution in [2.45, 2.75) is 0 Å². The van der Waals surface area contributed by atoms with Crippen LogP contribution in [-0.2, 0) is 0 Å². The Morgan fingerprint density at radius 2 is 2.17 bits per heavy atom. The molecule has 0 unspecified atom stereocenters. The first kappa shape index (κ1) is 7.95. The highest BCUT2D eigenvalue weighted by Gasteiger charge is 2.03. The fourth-order valence-corrected chi connectivity index (χ4v) is 2.53. The zero-order valence-electron chi connectivity index (χ0n) is 6.20. The van der Waals surface area contributed by atoms with Gasteiger partial charge in [-0.1, -0.05) is 6.07 Å². The third-order valence-corrected chi connectivity index (χ3v) is 3.37. The quantitative estimate of drug-likeness (QED) is 0.742. The van der Waals surface area contributed by atoms with Crippen LogP contribution >= 0.6 is 27.3 Å². The Bertz CT molecular complexity index is 369. The van der Waals surface area contributed by atoms with E-state index in [1.54, 1.807) is 11.3 Å². The van der Waals surface area contributed by atoms with Gasteiger partial charge in [0.15, 0.2) is 0 Å². The molecule has 2 rings (SSSR count). The smallest absolute Gasteiger partial charge is 0.0813 e. The summed E-state index contributed by atoms with van der Waals surface area (Å²) in [5.41, 5.74) is 1.03. The number of rotatable bonds is 1. The Morgan fingerprint density at radius 3 is 2.75 bits per heavy atom. The molecule has 2 aromatic heterocycles. The highest BCUT2D eigenvalue weighted by molar-refractivity contribution is 9.10. The Kier molecular flexibility index (Phi) is 2.23. The molecule has 0 aliphatic heterocycles. The van der Waals surface area contributed by atoms with Crippen molar-refractivity contribution in [3.8, 4) is 10.6 Å². The maximum absolute atomic E-state index is 4.26. The summed E-state index contributed by atoms with van der Waals surface area (Å²) in [6.07, 6.45) is 1.81. The first-order valence-corrected chi connectivity index (χ1v) is 5.19. The van der Waals surface area contributed by atoms with Gasteiger partial charge in [-0.05, 0) is 39.5 Å². The molecular formula is C9H6BrNS. The number of hydrogen-bond donors (Lipinski definition) is 0. The van der Waals surface area contributed by atoms with Crippen LogP contribution in [0.15, 0.2) is 40.3 Å². The van der Waals surface area contributed by atoms with Gasteiger partial charge in [0.25, 0.3) is 0 Å². The Hall–Kier alpha value is -0.670. The van der Waals surface area contributed by atoms with Crippen molar-refractivity contribution in [1.29, 1.82) is 0 Å². The van der Waals surface area contributed by atoms with Crippen LogP contribution in [0.2, 0.25) is 0 Å². The van der Waals surface area contributed by atoms with Crippen LogP contribution in [0, 0.1) is 0 Å². The van der Waals surface area contributed by atoms with Crippen molar-refractivity contribution in [2.24, 2.45) is 0 Å². The second-order valence-electron chi connectivity index (χ2n) is 2.31. The number of aromatic nitrogens is 1. The first-order chi connectivity index (χ1) is 5.88. The number of pyridine rings is 1. The maximum Gasteiger partial charge on any atom is 0.0813 e. The third kappa shape index (κ3) is 1.42. The molecule has 0 spiro atoms. The topological polar surface area (TPSA) is 12.9 Å². The molecule has 12 heavy (non-hydrogen) atoms. The Balaban J connectivity index is 2.51. The summed E-state index contributed by atoms with van der Waals surface area (Å²) in [4.78, 5) is 5.45. The minimum Gasteiger partial charge on any atom is -0.255 e. The zero-order valence-corrected chi connectivity index (χ0v) is 8.60. The summed E-state index contributed by atoms with van der Waals surface area (Å²) in [5.74, 6) is 0. The van der Waals surface area contributed by atoms with Crippen molar-refractivity contribution in [1.82, 2.24) is 4.98 Å². The fourth-order valence-electron chi connectivity index (χ4n) is 0.974. The molecule has 2 aromatic rings. The van der Waals surface area contributed by atoms with E-state index in [1.807, 2.05) is 35.8 Å². The molecule has 60 valence electrons. The van der Waals surface area contributed by atoms with Crippen molar-refractivity contribution in [3.05, 3.63) is 40.3 Å². The molecule has 3 heteroatoms. The number of thiophene rings is 1. The summed E-state index contributed by atoms with van der Waals surface area (Å²) in [7, 11) is 0. The van der Waals surface area contributed by atoms with Crippen LogP contribution in [0.25, 0.3) is 10.6 Å². The van der Waals surface area contributed by atoms with Gasteiger partial charge in [-0.15, -0.1) is 11.3 Å². The van der Waals surface area contributed by atoms with E-state index < -0.39 is 0 Å². The molecular weight excluding hydrogens is 234 g/mol. The molecule has 0 saturated heterocycles. The zero-order chi connectivity index (χ0) is 8.39. The van der Waals surface area contributed by atoms with Gasteiger partial charge in [0.1, 0.15) is 0 Å². The monoisotopic (exact) mass is 239 g/mol. The van der Waals surface area contributed by atoms with E-state index in [0.29, 0.717) is 0 Å². The minimum atomic E-state index is 1.03. The van der Waals surface area contributed by atoms with Crippen LogP contribution in [0.5, 0.6) is 0 Å². The average Bonchev–Trinajstić information content (AvgIpc) is 2.53. The van der Waals surface area contributed by atoms with Gasteiger partial charge >= 0.3 is 0 Å². The highest BCUT2D eigenvalue weighted by atomic mass is 79.9. The first-order valence-electron chi connectivity index (χ1n) is 3.52. The Labute approximate surface area is 83.2 Å². The number of nitrogens with zero attached hydrogens (tertiary/aromatic N) is 1. The van der Waals surface area contributed by atoms with Gasteiger partial charge in [-0.3, -0.25) is 4.98 Å². The lowest BCUT2D eigenvalue weighted by molar-refractivity contribution is 1.34. The summed E-state index contributed by atoms with van der Waals surface area (Å²) in [6.45, 7) is 0. The van der Waals surface area contributed by atoms with Crippen LogP contribution in [0.3, 0.4) is 0 Å². The van der Waals surface area contributed by atoms with E-state index in [9.17, 15) is 0 Å². The lowest BCUT2D eigenvalue weighted by atomic mass is 10.3. The molecule has 0 aliphatic rings. The minimum absolute atomic E-state index is 1.03. The molecule has 0 amide bonds. The van der Waals surface area contributed by atoms with Gasteiger partial charge in [-0.2, -0.15) is 0 Å². The molecule has 0 atom stereocenters. The molecule has 0 radical (unpaired) electrons. The van der Waals surface area contributed by atoms with Crippen LogP contribution < -0.4 is 0 Å². The molecule has 0 aliphatic carbocycles. The SMILES string of the molecule is Brc1ccsc1-c1ccccn1. The Morgan fingerprint density at radius 1 is 1.25 bits per heavy atom. The number of halogens is 1. The van der Waals surface area contributed by atoms with Crippen LogP contribution in [0.4, 0.5) is 0 Å². The van der Waals surface area contributed by atoms with Crippen molar-refractivity contribution < 1.29 is 0 Å². The van der Waals surface area contributed by atoms with E-state index in [-0.39, 0.29) is 0 Å². The summed E-state index contributed by atoms with van der Waals surface area (Å²) >= 11 is 5.17. The van der Waals surface area contributed by atoms with Crippen LogP contribution in [0.1, 0.15) is 0 Å². The molecule has 2 heterocycles. The lowest BCUT2D eigenvalue weighted by Gasteiger charge is -1.95. The number of hydrogen-bond acceptors (Lipinski definition) is 2. The second-order valence-corrected chi connectivity index (χ2v) is 4.08. The largest absolute Gasteiger partial charge is 0.255 e. The predicted octanol–water partition coefficient (Wildman–Crippen LogP) is 3.57. The van der Waals surface area contributed by atoms with Gasteiger partial charge in [0.05, 0.1) is 10.6 Å². The van der Waals surface area contributed by atoms with E-state index >= 15 is 0 Å². The summed E-state index contributed by atoms with van der Waals surface area (Å²) in [5, 5.41) is 2.05. The van der Waals surface area contributed by atoms with Gasteiger partial charge < -0.3 is 0 Å². The second kappa shape index (κ2) is 3.37. The van der Waals surface area contributed by atoms with Crippen molar-refractivity contribution in [3.63, 3.8) is 0 Å². The van der Waals surface area contributed by atoms with Crippen molar-refractivity contribution >= 4 is 27.3 Å². The van der Waals surface area contributed by atoms with Crippen molar-refractivity contribution in [2.75, 3.05) is 0 Å². The standard InChI is InChI=1S/C9H6BrNS/c10-7-4-6-12-9(7)8-3-1-2-5-11-8/h1-6H. The normalized spacial score (nSPS) is 10.1. The summed E-state index contributed by atoms with van der Waals surface area (Å²) in [6, 6.07) is 7.96. The molecule has 0 fully saturated rings. The van der Waals surface area contributed by atoms with Gasteiger partial charge in [0, 0.05) is 10.7 Å². The fraction of sp³-hybridized carbons (Fsp3) is 0. The molecule has 0 bridgehead atoms. The molecule has 0 N–H and O–H groups in total. The molecule has 0 saturated carbocycles. The molecule has 1 nitrogen and oxygen atoms in total. The molecule has 0 aromatic carbocycles. The third-order valence-electron chi connectivity index (χ3n) is 1.51. The van der Waals surface area contributed by atoms with E-state index in [4.69, 9.17) is 0 Å². The van der Waals surface area contributed by atoms with Crippen LogP contribution in [-0.4, -0.2) is 4.98 Å². The maximum atomic E-state index is 4.26. The van der Waals surface area contributed by atoms with E-state index in [2.05, 4.69) is 20.9 Å². The predicted molar refractivity (Wildman–Crippen MR) is 55.3 cm³/mol. The van der Waals surface area contributed by atoms with E-state index in [0.717, 1.165) is 10.2 Å². The summed E-state index contributed by atoms with van der Waals surface area (Å²) < 4.78 is 1.12. The highest BCUT2D eigenvalue weighted by Crippen LogP contribution is 2.31. The van der Waals surface area contributed by atoms with E-state index in [1.165, 1.54) is 4.88 Å². The van der Waals surface area contributed by atoms with Gasteiger partial charge in [-0.25, -0.2) is 0 Å². The lowest BCUT2D eigenvalue weighted by Crippen LogP contribution is -1.76.